The van der Waals surface area contributed by atoms with Crippen LogP contribution >= 0.6 is 38.5 Å². The first-order valence-corrected chi connectivity index (χ1v) is 8.15. The highest BCUT2D eigenvalue weighted by atomic mass is 127. The summed E-state index contributed by atoms with van der Waals surface area (Å²) in [6.45, 7) is 1.65. The van der Waals surface area contributed by atoms with Gasteiger partial charge in [0.25, 0.3) is 5.91 Å². The summed E-state index contributed by atoms with van der Waals surface area (Å²) >= 11 is 5.49. The first-order valence-electron chi connectivity index (χ1n) is 5.95. The molecule has 1 aliphatic rings. The van der Waals surface area contributed by atoms with E-state index in [1.165, 1.54) is 0 Å². The molecule has 98 valence electrons. The number of alkyl halides is 1. The molecular formula is C13H15BrINO2. The summed E-state index contributed by atoms with van der Waals surface area (Å²) < 4.78 is 0.766. The number of carbonyl (C=O) groups excluding carboxylic acids is 1. The zero-order chi connectivity index (χ0) is 13.1. The van der Waals surface area contributed by atoms with Gasteiger partial charge < -0.3 is 10.0 Å². The molecule has 3 nitrogen and oxygen atoms in total. The number of likely N-dealkylation sites (tertiary alicyclic amines) is 1. The number of hydrogen-bond donors (Lipinski definition) is 1. The van der Waals surface area contributed by atoms with Crippen molar-refractivity contribution in [3.63, 3.8) is 0 Å². The van der Waals surface area contributed by atoms with Crippen LogP contribution in [0.4, 0.5) is 0 Å². The van der Waals surface area contributed by atoms with Crippen LogP contribution in [-0.2, 0) is 0 Å². The van der Waals surface area contributed by atoms with Crippen LogP contribution in [0.1, 0.15) is 23.2 Å². The van der Waals surface area contributed by atoms with Gasteiger partial charge in [-0.1, -0.05) is 15.9 Å². The number of nitrogens with zero attached hydrogens (tertiary/aromatic N) is 1. The maximum atomic E-state index is 12.3. The van der Waals surface area contributed by atoms with E-state index in [2.05, 4.69) is 15.9 Å². The molecule has 1 aromatic rings. The molecule has 0 bridgehead atoms. The Hall–Kier alpha value is -0.300. The number of aromatic hydroxyl groups is 1. The molecule has 0 saturated carbocycles. The van der Waals surface area contributed by atoms with Gasteiger partial charge in [0.15, 0.2) is 0 Å². The largest absolute Gasteiger partial charge is 0.507 e. The minimum atomic E-state index is 0.0266. The van der Waals surface area contributed by atoms with Gasteiger partial charge in [0.05, 0.1) is 3.57 Å². The highest BCUT2D eigenvalue weighted by Crippen LogP contribution is 2.25. The van der Waals surface area contributed by atoms with Crippen molar-refractivity contribution in [3.8, 4) is 5.75 Å². The van der Waals surface area contributed by atoms with Crippen molar-refractivity contribution in [1.82, 2.24) is 4.90 Å². The van der Waals surface area contributed by atoms with Crippen molar-refractivity contribution < 1.29 is 9.90 Å². The van der Waals surface area contributed by atoms with Crippen molar-refractivity contribution in [2.75, 3.05) is 18.4 Å². The molecule has 5 heteroatoms. The first kappa shape index (κ1) is 14.1. The summed E-state index contributed by atoms with van der Waals surface area (Å²) in [5.74, 6) is 0.808. The number of phenols is 1. The lowest BCUT2D eigenvalue weighted by atomic mass is 10.1. The predicted molar refractivity (Wildman–Crippen MR) is 83.2 cm³/mol. The summed E-state index contributed by atoms with van der Waals surface area (Å²) in [6, 6.07) is 5.11. The second-order valence-corrected chi connectivity index (χ2v) is 6.50. The number of benzene rings is 1. The van der Waals surface area contributed by atoms with E-state index >= 15 is 0 Å². The summed E-state index contributed by atoms with van der Waals surface area (Å²) in [6.07, 6.45) is 2.19. The molecule has 0 radical (unpaired) electrons. The van der Waals surface area contributed by atoms with Crippen molar-refractivity contribution in [2.45, 2.75) is 12.8 Å². The van der Waals surface area contributed by atoms with Gasteiger partial charge in [-0.25, -0.2) is 0 Å². The van der Waals surface area contributed by atoms with Crippen molar-refractivity contribution in [1.29, 1.82) is 0 Å². The fourth-order valence-corrected chi connectivity index (χ4v) is 3.22. The van der Waals surface area contributed by atoms with Crippen LogP contribution in [0.2, 0.25) is 0 Å². The van der Waals surface area contributed by atoms with Gasteiger partial charge in [-0.15, -0.1) is 0 Å². The molecule has 1 amide bonds. The molecule has 1 atom stereocenters. The van der Waals surface area contributed by atoms with E-state index in [1.54, 1.807) is 18.2 Å². The molecule has 2 rings (SSSR count). The van der Waals surface area contributed by atoms with Crippen molar-refractivity contribution >= 4 is 44.4 Å². The number of hydrogen-bond acceptors (Lipinski definition) is 2. The van der Waals surface area contributed by atoms with Gasteiger partial charge in [-0.05, 0) is 59.5 Å². The molecule has 1 heterocycles. The molecule has 1 N–H and O–H groups in total. The Labute approximate surface area is 129 Å². The lowest BCUT2D eigenvalue weighted by Gasteiger charge is -2.16. The number of phenolic OH excluding ortho intramolecular Hbond substituents is 1. The Morgan fingerprint density at radius 2 is 2.33 bits per heavy atom. The van der Waals surface area contributed by atoms with E-state index < -0.39 is 0 Å². The first-order chi connectivity index (χ1) is 8.61. The van der Waals surface area contributed by atoms with Crippen LogP contribution in [0.15, 0.2) is 18.2 Å². The number of halogens is 2. The molecule has 1 unspecified atom stereocenters. The van der Waals surface area contributed by atoms with E-state index in [4.69, 9.17) is 0 Å². The Morgan fingerprint density at radius 3 is 3.00 bits per heavy atom. The fourth-order valence-electron chi connectivity index (χ4n) is 2.24. The molecule has 18 heavy (non-hydrogen) atoms. The monoisotopic (exact) mass is 423 g/mol. The second kappa shape index (κ2) is 6.23. The Bertz CT molecular complexity index is 453. The quantitative estimate of drug-likeness (QED) is 0.598. The number of carbonyl (C=O) groups is 1. The van der Waals surface area contributed by atoms with Crippen LogP contribution in [0.5, 0.6) is 5.75 Å². The van der Waals surface area contributed by atoms with E-state index in [9.17, 15) is 9.90 Å². The van der Waals surface area contributed by atoms with Crippen molar-refractivity contribution in [3.05, 3.63) is 27.3 Å². The topological polar surface area (TPSA) is 40.5 Å². The number of rotatable bonds is 3. The molecule has 0 spiro atoms. The van der Waals surface area contributed by atoms with E-state index in [0.29, 0.717) is 11.5 Å². The highest BCUT2D eigenvalue weighted by molar-refractivity contribution is 14.1. The van der Waals surface area contributed by atoms with Crippen LogP contribution in [-0.4, -0.2) is 34.3 Å². The minimum absolute atomic E-state index is 0.0266. The van der Waals surface area contributed by atoms with Gasteiger partial charge >= 0.3 is 0 Å². The van der Waals surface area contributed by atoms with E-state index in [0.717, 1.165) is 34.8 Å². The lowest BCUT2D eigenvalue weighted by Crippen LogP contribution is -2.28. The molecular weight excluding hydrogens is 409 g/mol. The summed E-state index contributed by atoms with van der Waals surface area (Å²) in [5.41, 5.74) is 0.576. The number of amides is 1. The fraction of sp³-hybridized carbons (Fsp3) is 0.462. The molecule has 1 saturated heterocycles. The molecule has 0 aliphatic carbocycles. The third-order valence-corrected chi connectivity index (χ3v) is 4.65. The smallest absolute Gasteiger partial charge is 0.253 e. The molecule has 1 aromatic carbocycles. The van der Waals surface area contributed by atoms with E-state index in [-0.39, 0.29) is 11.7 Å². The summed E-state index contributed by atoms with van der Waals surface area (Å²) in [4.78, 5) is 14.1. The molecule has 1 fully saturated rings. The lowest BCUT2D eigenvalue weighted by molar-refractivity contribution is 0.0786. The van der Waals surface area contributed by atoms with Crippen LogP contribution in [0.25, 0.3) is 0 Å². The zero-order valence-electron chi connectivity index (χ0n) is 9.90. The second-order valence-electron chi connectivity index (χ2n) is 4.55. The molecule has 0 aromatic heterocycles. The predicted octanol–water partition coefficient (Wildman–Crippen LogP) is 3.24. The standard InChI is InChI=1S/C13H15BrINO2/c14-5-3-9-4-6-16(8-9)13(18)10-1-2-11(15)12(17)7-10/h1-2,7,9,17H,3-6,8H2. The highest BCUT2D eigenvalue weighted by Gasteiger charge is 2.26. The maximum absolute atomic E-state index is 12.3. The van der Waals surface area contributed by atoms with Gasteiger partial charge in [-0.3, -0.25) is 4.79 Å². The third-order valence-electron chi connectivity index (χ3n) is 3.28. The SMILES string of the molecule is O=C(c1ccc(I)c(O)c1)N1CCC(CCBr)C1. The van der Waals surface area contributed by atoms with Gasteiger partial charge in [0, 0.05) is 24.0 Å². The van der Waals surface area contributed by atoms with E-state index in [1.807, 2.05) is 27.5 Å². The summed E-state index contributed by atoms with van der Waals surface area (Å²) in [5, 5.41) is 10.6. The maximum Gasteiger partial charge on any atom is 0.253 e. The Balaban J connectivity index is 2.05. The van der Waals surface area contributed by atoms with Gasteiger partial charge in [-0.2, -0.15) is 0 Å². The normalized spacial score (nSPS) is 19.2. The van der Waals surface area contributed by atoms with Crippen LogP contribution < -0.4 is 0 Å². The van der Waals surface area contributed by atoms with Crippen LogP contribution in [0.3, 0.4) is 0 Å². The summed E-state index contributed by atoms with van der Waals surface area (Å²) in [7, 11) is 0. The van der Waals surface area contributed by atoms with Gasteiger partial charge in [0.2, 0.25) is 0 Å². The van der Waals surface area contributed by atoms with Gasteiger partial charge in [0.1, 0.15) is 5.75 Å². The Morgan fingerprint density at radius 1 is 1.56 bits per heavy atom. The Kier molecular flexibility index (Phi) is 4.89. The zero-order valence-corrected chi connectivity index (χ0v) is 13.6. The average molecular weight is 424 g/mol. The third kappa shape index (κ3) is 3.17. The van der Waals surface area contributed by atoms with Crippen molar-refractivity contribution in [2.24, 2.45) is 5.92 Å². The molecule has 1 aliphatic heterocycles. The average Bonchev–Trinajstić information content (AvgIpc) is 2.81. The minimum Gasteiger partial charge on any atom is -0.507 e. The van der Waals surface area contributed by atoms with Crippen LogP contribution in [0, 0.1) is 9.49 Å².